The topological polar surface area (TPSA) is 105 Å². The molecular weight excluding hydrogens is 521 g/mol. The Labute approximate surface area is 235 Å². The maximum absolute atomic E-state index is 14.3. The quantitative estimate of drug-likeness (QED) is 0.245. The predicted octanol–water partition coefficient (Wildman–Crippen LogP) is 5.85. The van der Waals surface area contributed by atoms with Crippen LogP contribution in [0.4, 0.5) is 4.39 Å². The molecular formula is C31H28FN7O2. The van der Waals surface area contributed by atoms with Crippen LogP contribution in [0.3, 0.4) is 0 Å². The molecule has 0 saturated carbocycles. The first-order chi connectivity index (χ1) is 20.1. The molecule has 0 bridgehead atoms. The van der Waals surface area contributed by atoms with Gasteiger partial charge in [-0.25, -0.2) is 9.37 Å². The molecule has 1 fully saturated rings. The Morgan fingerprint density at radius 3 is 2.68 bits per heavy atom. The van der Waals surface area contributed by atoms with E-state index in [0.29, 0.717) is 23.6 Å². The number of benzene rings is 1. The molecule has 6 aromatic rings. The third kappa shape index (κ3) is 4.98. The summed E-state index contributed by atoms with van der Waals surface area (Å²) in [6.07, 6.45) is 9.52. The first kappa shape index (κ1) is 25.2. The molecule has 1 aliphatic rings. The average molecular weight is 550 g/mol. The van der Waals surface area contributed by atoms with Crippen molar-refractivity contribution < 1.29 is 13.9 Å². The molecule has 9 nitrogen and oxygen atoms in total. The number of hydrogen-bond donors (Lipinski definition) is 2. The number of hydrogen-bond acceptors (Lipinski definition) is 7. The van der Waals surface area contributed by atoms with Crippen LogP contribution < -0.4 is 9.47 Å². The summed E-state index contributed by atoms with van der Waals surface area (Å²) < 4.78 is 25.6. The van der Waals surface area contributed by atoms with Gasteiger partial charge in [-0.05, 0) is 73.5 Å². The minimum Gasteiger partial charge on any atom is -0.497 e. The fraction of sp³-hybridized carbons (Fsp3) is 0.226. The molecule has 1 aromatic carbocycles. The lowest BCUT2D eigenvalue weighted by atomic mass is 10.0. The molecule has 0 radical (unpaired) electrons. The number of ether oxygens (including phenoxy) is 2. The fourth-order valence-corrected chi connectivity index (χ4v) is 5.46. The minimum atomic E-state index is -0.367. The lowest BCUT2D eigenvalue weighted by molar-refractivity contribution is 0.237. The summed E-state index contributed by atoms with van der Waals surface area (Å²) in [6.45, 7) is 3.83. The first-order valence-electron chi connectivity index (χ1n) is 13.6. The number of nitrogens with one attached hydrogen (secondary N) is 2. The van der Waals surface area contributed by atoms with Crippen molar-refractivity contribution in [2.24, 2.45) is 0 Å². The summed E-state index contributed by atoms with van der Waals surface area (Å²) in [5, 5.41) is 9.42. The largest absolute Gasteiger partial charge is 0.497 e. The number of likely N-dealkylation sites (tertiary alicyclic amines) is 1. The van der Waals surface area contributed by atoms with E-state index in [1.165, 1.54) is 32.1 Å². The Morgan fingerprint density at radius 1 is 0.927 bits per heavy atom. The number of methoxy groups -OCH3 is 1. The first-order valence-corrected chi connectivity index (χ1v) is 13.6. The van der Waals surface area contributed by atoms with E-state index in [0.717, 1.165) is 69.9 Å². The highest BCUT2D eigenvalue weighted by atomic mass is 19.1. The molecule has 1 aliphatic heterocycles. The Hall–Kier alpha value is -4.83. The van der Waals surface area contributed by atoms with Crippen LogP contribution in [-0.2, 0) is 0 Å². The summed E-state index contributed by atoms with van der Waals surface area (Å²) in [5.74, 6) is 0.808. The molecule has 10 heteroatoms. The lowest BCUT2D eigenvalue weighted by Crippen LogP contribution is -2.25. The smallest absolute Gasteiger partial charge is 0.138 e. The Balaban J connectivity index is 1.21. The number of aromatic amines is 2. The van der Waals surface area contributed by atoms with Gasteiger partial charge in [-0.2, -0.15) is 5.10 Å². The van der Waals surface area contributed by atoms with Crippen molar-refractivity contribution >= 4 is 21.9 Å². The van der Waals surface area contributed by atoms with E-state index in [4.69, 9.17) is 9.47 Å². The Bertz CT molecular complexity index is 1860. The van der Waals surface area contributed by atoms with Gasteiger partial charge in [0.25, 0.3) is 0 Å². The Morgan fingerprint density at radius 2 is 1.80 bits per heavy atom. The number of H-pyrrole nitrogens is 2. The van der Waals surface area contributed by atoms with Crippen LogP contribution in [0.5, 0.6) is 11.5 Å². The van der Waals surface area contributed by atoms with Crippen LogP contribution in [0.15, 0.2) is 67.3 Å². The second-order valence-corrected chi connectivity index (χ2v) is 10.2. The highest BCUT2D eigenvalue weighted by Crippen LogP contribution is 2.35. The third-order valence-electron chi connectivity index (χ3n) is 7.54. The number of pyridine rings is 3. The SMILES string of the molecule is COc1cc(F)cc(-c2ccnc3[nH]c(-c4n[nH]c5cnc(-c6cncc(OCCN7CCCC7)c6)cc45)cc23)c1. The number of aromatic nitrogens is 6. The second kappa shape index (κ2) is 10.6. The van der Waals surface area contributed by atoms with Gasteiger partial charge in [-0.15, -0.1) is 0 Å². The molecule has 0 atom stereocenters. The maximum atomic E-state index is 14.3. The van der Waals surface area contributed by atoms with Gasteiger partial charge in [-0.3, -0.25) is 20.0 Å². The predicted molar refractivity (Wildman–Crippen MR) is 155 cm³/mol. The zero-order chi connectivity index (χ0) is 27.8. The van der Waals surface area contributed by atoms with E-state index >= 15 is 0 Å². The number of nitrogens with zero attached hydrogens (tertiary/aromatic N) is 5. The van der Waals surface area contributed by atoms with E-state index in [9.17, 15) is 4.39 Å². The van der Waals surface area contributed by atoms with E-state index in [-0.39, 0.29) is 5.82 Å². The second-order valence-electron chi connectivity index (χ2n) is 10.2. The Kier molecular flexibility index (Phi) is 6.52. The van der Waals surface area contributed by atoms with E-state index < -0.39 is 0 Å². The van der Waals surface area contributed by atoms with Gasteiger partial charge in [0.05, 0.1) is 36.4 Å². The van der Waals surface area contributed by atoms with Crippen LogP contribution in [0.25, 0.3) is 55.7 Å². The van der Waals surface area contributed by atoms with Gasteiger partial charge >= 0.3 is 0 Å². The molecule has 1 saturated heterocycles. The number of fused-ring (bicyclic) bond motifs is 2. The molecule has 0 amide bonds. The van der Waals surface area contributed by atoms with Gasteiger partial charge in [0, 0.05) is 41.3 Å². The van der Waals surface area contributed by atoms with Crippen molar-refractivity contribution in [1.29, 1.82) is 0 Å². The summed E-state index contributed by atoms with van der Waals surface area (Å²) in [4.78, 5) is 19.4. The molecule has 2 N–H and O–H groups in total. The van der Waals surface area contributed by atoms with Crippen molar-refractivity contribution in [1.82, 2.24) is 35.0 Å². The van der Waals surface area contributed by atoms with Crippen LogP contribution in [0.1, 0.15) is 12.8 Å². The number of rotatable bonds is 8. The minimum absolute atomic E-state index is 0.367. The molecule has 0 spiro atoms. The van der Waals surface area contributed by atoms with Gasteiger partial charge in [0.2, 0.25) is 0 Å². The summed E-state index contributed by atoms with van der Waals surface area (Å²) >= 11 is 0. The molecule has 0 unspecified atom stereocenters. The third-order valence-corrected chi connectivity index (χ3v) is 7.54. The van der Waals surface area contributed by atoms with Gasteiger partial charge in [0.1, 0.15) is 35.3 Å². The molecule has 41 heavy (non-hydrogen) atoms. The van der Waals surface area contributed by atoms with Crippen molar-refractivity contribution in [3.8, 4) is 45.3 Å². The summed E-state index contributed by atoms with van der Waals surface area (Å²) in [5.41, 5.74) is 6.15. The van der Waals surface area contributed by atoms with E-state index in [1.807, 2.05) is 30.3 Å². The molecule has 7 rings (SSSR count). The van der Waals surface area contributed by atoms with Crippen LogP contribution in [0.2, 0.25) is 0 Å². The zero-order valence-corrected chi connectivity index (χ0v) is 22.5. The summed E-state index contributed by atoms with van der Waals surface area (Å²) in [7, 11) is 1.52. The van der Waals surface area contributed by atoms with Crippen molar-refractivity contribution in [3.63, 3.8) is 0 Å². The van der Waals surface area contributed by atoms with Crippen molar-refractivity contribution in [3.05, 3.63) is 73.1 Å². The molecule has 0 aliphatic carbocycles. The normalized spacial score (nSPS) is 13.8. The lowest BCUT2D eigenvalue weighted by Gasteiger charge is -2.15. The van der Waals surface area contributed by atoms with Crippen LogP contribution >= 0.6 is 0 Å². The zero-order valence-electron chi connectivity index (χ0n) is 22.5. The van der Waals surface area contributed by atoms with Crippen molar-refractivity contribution in [2.75, 3.05) is 33.4 Å². The van der Waals surface area contributed by atoms with Crippen molar-refractivity contribution in [2.45, 2.75) is 12.8 Å². The maximum Gasteiger partial charge on any atom is 0.138 e. The van der Waals surface area contributed by atoms with E-state index in [1.54, 1.807) is 24.8 Å². The highest BCUT2D eigenvalue weighted by Gasteiger charge is 2.17. The fourth-order valence-electron chi connectivity index (χ4n) is 5.46. The average Bonchev–Trinajstić information content (AvgIpc) is 3.76. The summed E-state index contributed by atoms with van der Waals surface area (Å²) in [6, 6.07) is 12.5. The monoisotopic (exact) mass is 549 g/mol. The van der Waals surface area contributed by atoms with Crippen LogP contribution in [0, 0.1) is 5.82 Å². The standard InChI is InChI=1S/C31H28FN7O2/c1-40-22-11-19(10-21(32)13-22)24-4-5-34-31-25(24)14-28(36-31)30-26-15-27(35-18-29(26)37-38-30)20-12-23(17-33-16-20)41-9-8-39-6-2-3-7-39/h4-5,10-18H,2-3,6-9H2,1H3,(H,34,36)(H,37,38). The van der Waals surface area contributed by atoms with Gasteiger partial charge in [0.15, 0.2) is 0 Å². The highest BCUT2D eigenvalue weighted by molar-refractivity contribution is 6.00. The number of halogens is 1. The van der Waals surface area contributed by atoms with Crippen LogP contribution in [-0.4, -0.2) is 68.4 Å². The van der Waals surface area contributed by atoms with Gasteiger partial charge < -0.3 is 14.5 Å². The van der Waals surface area contributed by atoms with E-state index in [2.05, 4.69) is 35.0 Å². The van der Waals surface area contributed by atoms with Gasteiger partial charge in [-0.1, -0.05) is 0 Å². The molecule has 5 aromatic heterocycles. The molecule has 206 valence electrons. The molecule has 6 heterocycles.